The molecule has 0 aliphatic heterocycles. The van der Waals surface area contributed by atoms with Gasteiger partial charge >= 0.3 is 5.97 Å². The summed E-state index contributed by atoms with van der Waals surface area (Å²) in [6, 6.07) is 6.36. The van der Waals surface area contributed by atoms with Crippen molar-refractivity contribution in [3.8, 4) is 0 Å². The van der Waals surface area contributed by atoms with Crippen LogP contribution in [-0.4, -0.2) is 38.6 Å². The molecule has 0 saturated carbocycles. The minimum absolute atomic E-state index is 0.0955. The summed E-state index contributed by atoms with van der Waals surface area (Å²) in [4.78, 5) is 31.7. The van der Waals surface area contributed by atoms with Crippen molar-refractivity contribution < 1.29 is 14.3 Å². The second-order valence-electron chi connectivity index (χ2n) is 4.31. The zero-order chi connectivity index (χ0) is 15.5. The van der Waals surface area contributed by atoms with E-state index >= 15 is 0 Å². The van der Waals surface area contributed by atoms with Gasteiger partial charge in [-0.05, 0) is 24.3 Å². The third-order valence-electron chi connectivity index (χ3n) is 2.94. The van der Waals surface area contributed by atoms with Crippen molar-refractivity contribution in [2.75, 3.05) is 12.4 Å². The monoisotopic (exact) mass is 297 g/mol. The molecule has 0 saturated heterocycles. The Hall–Kier alpha value is -3.29. The van der Waals surface area contributed by atoms with Crippen LogP contribution in [0.3, 0.4) is 0 Å². The molecule has 0 aromatic carbocycles. The van der Waals surface area contributed by atoms with Crippen molar-refractivity contribution in [1.29, 1.82) is 0 Å². The van der Waals surface area contributed by atoms with Gasteiger partial charge < -0.3 is 4.74 Å². The molecule has 0 spiro atoms. The SMILES string of the molecule is COC(=O)c1cccn2nc(NC(=O)c3ccncc3)nc12. The molecule has 0 aliphatic carbocycles. The summed E-state index contributed by atoms with van der Waals surface area (Å²) in [5, 5.41) is 6.68. The van der Waals surface area contributed by atoms with Crippen LogP contribution < -0.4 is 5.32 Å². The van der Waals surface area contributed by atoms with Crippen molar-refractivity contribution >= 4 is 23.5 Å². The van der Waals surface area contributed by atoms with Gasteiger partial charge in [0.1, 0.15) is 5.56 Å². The van der Waals surface area contributed by atoms with Crippen LogP contribution in [0.25, 0.3) is 5.65 Å². The smallest absolute Gasteiger partial charge is 0.341 e. The number of nitrogens with one attached hydrogen (secondary N) is 1. The predicted molar refractivity (Wildman–Crippen MR) is 76.5 cm³/mol. The number of carbonyl (C=O) groups is 2. The number of anilines is 1. The van der Waals surface area contributed by atoms with Crippen LogP contribution in [0.4, 0.5) is 5.95 Å². The highest BCUT2D eigenvalue weighted by molar-refractivity contribution is 6.03. The maximum Gasteiger partial charge on any atom is 0.341 e. The summed E-state index contributed by atoms with van der Waals surface area (Å²) < 4.78 is 6.09. The van der Waals surface area contributed by atoms with Gasteiger partial charge in [0, 0.05) is 24.2 Å². The van der Waals surface area contributed by atoms with E-state index in [1.165, 1.54) is 24.0 Å². The molecule has 0 atom stereocenters. The number of esters is 1. The van der Waals surface area contributed by atoms with E-state index in [2.05, 4.69) is 25.1 Å². The maximum atomic E-state index is 12.0. The maximum absolute atomic E-state index is 12.0. The molecule has 22 heavy (non-hydrogen) atoms. The van der Waals surface area contributed by atoms with Gasteiger partial charge in [0.05, 0.1) is 7.11 Å². The van der Waals surface area contributed by atoms with Crippen LogP contribution in [0, 0.1) is 0 Å². The summed E-state index contributed by atoms with van der Waals surface area (Å²) in [5.74, 6) is -0.791. The first-order valence-electron chi connectivity index (χ1n) is 6.34. The van der Waals surface area contributed by atoms with Crippen molar-refractivity contribution in [1.82, 2.24) is 19.6 Å². The van der Waals surface area contributed by atoms with Crippen LogP contribution in [0.1, 0.15) is 20.7 Å². The van der Waals surface area contributed by atoms with Crippen molar-refractivity contribution in [2.45, 2.75) is 0 Å². The first-order chi connectivity index (χ1) is 10.7. The fourth-order valence-electron chi connectivity index (χ4n) is 1.91. The van der Waals surface area contributed by atoms with E-state index in [1.54, 1.807) is 30.5 Å². The summed E-state index contributed by atoms with van der Waals surface area (Å²) in [6.45, 7) is 0. The summed E-state index contributed by atoms with van der Waals surface area (Å²) in [5.41, 5.74) is 1.00. The molecule has 0 bridgehead atoms. The average Bonchev–Trinajstić information content (AvgIpc) is 2.97. The van der Waals surface area contributed by atoms with Crippen LogP contribution in [-0.2, 0) is 4.74 Å². The second-order valence-corrected chi connectivity index (χ2v) is 4.31. The highest BCUT2D eigenvalue weighted by Gasteiger charge is 2.16. The zero-order valence-corrected chi connectivity index (χ0v) is 11.6. The molecule has 0 fully saturated rings. The Kier molecular flexibility index (Phi) is 3.48. The minimum atomic E-state index is -0.523. The quantitative estimate of drug-likeness (QED) is 0.728. The van der Waals surface area contributed by atoms with Crippen molar-refractivity contribution in [3.05, 3.63) is 54.0 Å². The highest BCUT2D eigenvalue weighted by atomic mass is 16.5. The zero-order valence-electron chi connectivity index (χ0n) is 11.6. The van der Waals surface area contributed by atoms with E-state index in [4.69, 9.17) is 0 Å². The molecular formula is C14H11N5O3. The van der Waals surface area contributed by atoms with Crippen LogP contribution >= 0.6 is 0 Å². The number of nitrogens with zero attached hydrogens (tertiary/aromatic N) is 4. The normalized spacial score (nSPS) is 10.4. The van der Waals surface area contributed by atoms with Gasteiger partial charge in [-0.3, -0.25) is 15.1 Å². The molecule has 8 nitrogen and oxygen atoms in total. The van der Waals surface area contributed by atoms with E-state index in [1.807, 2.05) is 0 Å². The molecule has 3 aromatic heterocycles. The van der Waals surface area contributed by atoms with Crippen molar-refractivity contribution in [2.24, 2.45) is 0 Å². The largest absolute Gasteiger partial charge is 0.465 e. The molecule has 0 unspecified atom stereocenters. The third-order valence-corrected chi connectivity index (χ3v) is 2.94. The number of amides is 1. The lowest BCUT2D eigenvalue weighted by molar-refractivity contribution is 0.0602. The summed E-state index contributed by atoms with van der Waals surface area (Å²) in [7, 11) is 1.29. The Labute approximate surface area is 124 Å². The van der Waals surface area contributed by atoms with Gasteiger partial charge in [-0.1, -0.05) is 0 Å². The number of methoxy groups -OCH3 is 1. The number of pyridine rings is 2. The number of rotatable bonds is 3. The summed E-state index contributed by atoms with van der Waals surface area (Å²) in [6.07, 6.45) is 4.65. The Morgan fingerprint density at radius 2 is 2.00 bits per heavy atom. The topological polar surface area (TPSA) is 98.5 Å². The molecule has 0 radical (unpaired) electrons. The van der Waals surface area contributed by atoms with E-state index in [0.29, 0.717) is 11.2 Å². The molecule has 110 valence electrons. The fraction of sp³-hybridized carbons (Fsp3) is 0.0714. The van der Waals surface area contributed by atoms with E-state index in [-0.39, 0.29) is 17.4 Å². The average molecular weight is 297 g/mol. The standard InChI is InChI=1S/C14H11N5O3/c1-22-13(21)10-3-2-8-19-11(10)16-14(18-19)17-12(20)9-4-6-15-7-5-9/h2-8H,1H3,(H,17,18,20). The van der Waals surface area contributed by atoms with Crippen LogP contribution in [0.5, 0.6) is 0 Å². The van der Waals surface area contributed by atoms with E-state index in [9.17, 15) is 9.59 Å². The van der Waals surface area contributed by atoms with Gasteiger partial charge in [-0.15, -0.1) is 5.10 Å². The molecule has 1 N–H and O–H groups in total. The Morgan fingerprint density at radius 1 is 1.23 bits per heavy atom. The van der Waals surface area contributed by atoms with Gasteiger partial charge in [-0.2, -0.15) is 4.98 Å². The van der Waals surface area contributed by atoms with Gasteiger partial charge in [0.15, 0.2) is 5.65 Å². The third kappa shape index (κ3) is 2.49. The summed E-state index contributed by atoms with van der Waals surface area (Å²) >= 11 is 0. The van der Waals surface area contributed by atoms with Gasteiger partial charge in [0.25, 0.3) is 5.91 Å². The van der Waals surface area contributed by atoms with E-state index in [0.717, 1.165) is 0 Å². The first kappa shape index (κ1) is 13.7. The highest BCUT2D eigenvalue weighted by Crippen LogP contribution is 2.13. The first-order valence-corrected chi connectivity index (χ1v) is 6.34. The number of aromatic nitrogens is 4. The second kappa shape index (κ2) is 5.60. The van der Waals surface area contributed by atoms with Gasteiger partial charge in [-0.25, -0.2) is 9.31 Å². The lowest BCUT2D eigenvalue weighted by Gasteiger charge is -1.99. The Bertz CT molecular complexity index is 844. The molecule has 3 heterocycles. The molecule has 8 heteroatoms. The lowest BCUT2D eigenvalue weighted by Crippen LogP contribution is -2.13. The van der Waals surface area contributed by atoms with Crippen LogP contribution in [0.15, 0.2) is 42.9 Å². The number of ether oxygens (including phenoxy) is 1. The number of hydrogen-bond acceptors (Lipinski definition) is 6. The van der Waals surface area contributed by atoms with Crippen LogP contribution in [0.2, 0.25) is 0 Å². The number of hydrogen-bond donors (Lipinski definition) is 1. The van der Waals surface area contributed by atoms with Crippen molar-refractivity contribution in [3.63, 3.8) is 0 Å². The lowest BCUT2D eigenvalue weighted by atomic mass is 10.2. The van der Waals surface area contributed by atoms with Gasteiger partial charge in [0.2, 0.25) is 5.95 Å². The van der Waals surface area contributed by atoms with E-state index < -0.39 is 5.97 Å². The minimum Gasteiger partial charge on any atom is -0.465 e. The molecule has 3 aromatic rings. The Morgan fingerprint density at radius 3 is 2.73 bits per heavy atom. The Balaban J connectivity index is 1.93. The molecule has 3 rings (SSSR count). The molecular weight excluding hydrogens is 286 g/mol. The predicted octanol–water partition coefficient (Wildman–Crippen LogP) is 1.16. The molecule has 0 aliphatic rings. The fourth-order valence-corrected chi connectivity index (χ4v) is 1.91. The number of carbonyl (C=O) groups excluding carboxylic acids is 2. The number of fused-ring (bicyclic) bond motifs is 1. The molecule has 1 amide bonds.